The lowest BCUT2D eigenvalue weighted by Gasteiger charge is -2.11. The molecule has 5 heteroatoms. The molecule has 0 N–H and O–H groups in total. The number of methoxy groups -OCH3 is 1. The Morgan fingerprint density at radius 2 is 2.40 bits per heavy atom. The number of nitrogens with zero attached hydrogens (tertiary/aromatic N) is 2. The van der Waals surface area contributed by atoms with Gasteiger partial charge in [0.2, 0.25) is 0 Å². The number of halogens is 1. The fourth-order valence-electron chi connectivity index (χ4n) is 2.75. The first-order valence-electron chi connectivity index (χ1n) is 6.98. The summed E-state index contributed by atoms with van der Waals surface area (Å²) < 4.78 is 13.0. The Labute approximate surface area is 123 Å². The summed E-state index contributed by atoms with van der Waals surface area (Å²) in [7, 11) is 1.68. The summed E-state index contributed by atoms with van der Waals surface area (Å²) in [5, 5.41) is 0. The van der Waals surface area contributed by atoms with Gasteiger partial charge >= 0.3 is 0 Å². The molecular weight excluding hydrogens is 276 g/mol. The minimum absolute atomic E-state index is 0.429. The van der Waals surface area contributed by atoms with Crippen molar-refractivity contribution < 1.29 is 9.47 Å². The first kappa shape index (κ1) is 13.7. The molecule has 2 aromatic rings. The van der Waals surface area contributed by atoms with Crippen molar-refractivity contribution in [2.45, 2.75) is 25.3 Å². The van der Waals surface area contributed by atoms with E-state index in [0.717, 1.165) is 55.2 Å². The molecule has 0 spiro atoms. The van der Waals surface area contributed by atoms with Crippen LogP contribution in [0.2, 0.25) is 0 Å². The Balaban J connectivity index is 1.89. The lowest BCUT2D eigenvalue weighted by Crippen LogP contribution is -2.08. The third-order valence-corrected chi connectivity index (χ3v) is 4.18. The van der Waals surface area contributed by atoms with E-state index in [2.05, 4.69) is 9.55 Å². The highest BCUT2D eigenvalue weighted by Crippen LogP contribution is 2.25. The molecule has 20 heavy (non-hydrogen) atoms. The number of aryl methyl sites for hydroxylation is 1. The maximum atomic E-state index is 6.03. The van der Waals surface area contributed by atoms with Gasteiger partial charge in [0.15, 0.2) is 0 Å². The van der Waals surface area contributed by atoms with Gasteiger partial charge in [0.05, 0.1) is 24.0 Å². The van der Waals surface area contributed by atoms with E-state index in [1.165, 1.54) is 0 Å². The van der Waals surface area contributed by atoms with Crippen molar-refractivity contribution in [3.05, 3.63) is 24.0 Å². The van der Waals surface area contributed by atoms with Gasteiger partial charge in [-0.15, -0.1) is 11.6 Å². The number of benzene rings is 1. The van der Waals surface area contributed by atoms with Gasteiger partial charge in [-0.3, -0.25) is 0 Å². The standard InChI is InChI=1S/C15H19ClN2O2/c1-19-12-2-3-13-14(8-12)18(15(9-16)17-13)6-4-11-5-7-20-10-11/h2-3,8,11H,4-7,9-10H2,1H3. The smallest absolute Gasteiger partial charge is 0.124 e. The maximum absolute atomic E-state index is 6.03. The molecule has 108 valence electrons. The Hall–Kier alpha value is -1.26. The third-order valence-electron chi connectivity index (χ3n) is 3.94. The molecule has 0 radical (unpaired) electrons. The van der Waals surface area contributed by atoms with Crippen molar-refractivity contribution in [2.24, 2.45) is 5.92 Å². The average Bonchev–Trinajstić information content (AvgIpc) is 3.11. The molecule has 0 saturated carbocycles. The summed E-state index contributed by atoms with van der Waals surface area (Å²) in [6.45, 7) is 2.71. The normalized spacial score (nSPS) is 18.8. The molecule has 1 aliphatic rings. The molecule has 1 atom stereocenters. The predicted molar refractivity (Wildman–Crippen MR) is 79.4 cm³/mol. The molecule has 0 aliphatic carbocycles. The van der Waals surface area contributed by atoms with Gasteiger partial charge in [-0.2, -0.15) is 0 Å². The topological polar surface area (TPSA) is 36.3 Å². The van der Waals surface area contributed by atoms with Gasteiger partial charge in [-0.25, -0.2) is 4.98 Å². The van der Waals surface area contributed by atoms with Crippen LogP contribution in [0.3, 0.4) is 0 Å². The van der Waals surface area contributed by atoms with Gasteiger partial charge < -0.3 is 14.0 Å². The zero-order valence-electron chi connectivity index (χ0n) is 11.6. The molecule has 1 saturated heterocycles. The van der Waals surface area contributed by atoms with Gasteiger partial charge in [0, 0.05) is 25.8 Å². The van der Waals surface area contributed by atoms with Crippen molar-refractivity contribution in [3.63, 3.8) is 0 Å². The van der Waals surface area contributed by atoms with Gasteiger partial charge in [0.25, 0.3) is 0 Å². The minimum Gasteiger partial charge on any atom is -0.497 e. The number of aromatic nitrogens is 2. The number of alkyl halides is 1. The van der Waals surface area contributed by atoms with Crippen LogP contribution in [0.15, 0.2) is 18.2 Å². The highest BCUT2D eigenvalue weighted by atomic mass is 35.5. The number of fused-ring (bicyclic) bond motifs is 1. The second-order valence-electron chi connectivity index (χ2n) is 5.19. The molecule has 1 fully saturated rings. The largest absolute Gasteiger partial charge is 0.497 e. The van der Waals surface area contributed by atoms with Gasteiger partial charge in [0.1, 0.15) is 11.6 Å². The molecule has 3 rings (SSSR count). The van der Waals surface area contributed by atoms with E-state index in [4.69, 9.17) is 21.1 Å². The van der Waals surface area contributed by atoms with Crippen LogP contribution >= 0.6 is 11.6 Å². The summed E-state index contributed by atoms with van der Waals surface area (Å²) in [5.41, 5.74) is 2.07. The number of rotatable bonds is 5. The minimum atomic E-state index is 0.429. The molecule has 1 aliphatic heterocycles. The van der Waals surface area contributed by atoms with Crippen LogP contribution in [-0.2, 0) is 17.2 Å². The molecule has 1 aromatic heterocycles. The first-order valence-corrected chi connectivity index (χ1v) is 7.52. The highest BCUT2D eigenvalue weighted by Gasteiger charge is 2.17. The number of hydrogen-bond acceptors (Lipinski definition) is 3. The SMILES string of the molecule is COc1ccc2nc(CCl)n(CCC3CCOC3)c2c1. The Morgan fingerprint density at radius 3 is 3.10 bits per heavy atom. The quantitative estimate of drug-likeness (QED) is 0.795. The fourth-order valence-corrected chi connectivity index (χ4v) is 2.96. The Kier molecular flexibility index (Phi) is 4.13. The summed E-state index contributed by atoms with van der Waals surface area (Å²) in [6.07, 6.45) is 2.26. The van der Waals surface area contributed by atoms with Crippen LogP contribution in [0, 0.1) is 5.92 Å². The molecule has 1 aromatic carbocycles. The molecule has 1 unspecified atom stereocenters. The first-order chi connectivity index (χ1) is 9.81. The second-order valence-corrected chi connectivity index (χ2v) is 5.45. The number of hydrogen-bond donors (Lipinski definition) is 0. The van der Waals surface area contributed by atoms with Crippen molar-refractivity contribution in [2.75, 3.05) is 20.3 Å². The predicted octanol–water partition coefficient (Wildman–Crippen LogP) is 3.21. The van der Waals surface area contributed by atoms with Crippen molar-refractivity contribution in [1.82, 2.24) is 9.55 Å². The fraction of sp³-hybridized carbons (Fsp3) is 0.533. The number of imidazole rings is 1. The Bertz CT molecular complexity index is 591. The van der Waals surface area contributed by atoms with Crippen LogP contribution in [0.4, 0.5) is 0 Å². The summed E-state index contributed by atoms with van der Waals surface area (Å²) in [5.74, 6) is 2.86. The molecule has 2 heterocycles. The number of ether oxygens (including phenoxy) is 2. The molecule has 4 nitrogen and oxygen atoms in total. The summed E-state index contributed by atoms with van der Waals surface area (Å²) >= 11 is 6.03. The zero-order valence-corrected chi connectivity index (χ0v) is 12.4. The van der Waals surface area contributed by atoms with Crippen LogP contribution < -0.4 is 4.74 Å². The van der Waals surface area contributed by atoms with E-state index in [9.17, 15) is 0 Å². The van der Waals surface area contributed by atoms with E-state index in [1.807, 2.05) is 18.2 Å². The monoisotopic (exact) mass is 294 g/mol. The van der Waals surface area contributed by atoms with E-state index in [-0.39, 0.29) is 0 Å². The van der Waals surface area contributed by atoms with Gasteiger partial charge in [-0.1, -0.05) is 0 Å². The molecule has 0 amide bonds. The zero-order chi connectivity index (χ0) is 13.9. The highest BCUT2D eigenvalue weighted by molar-refractivity contribution is 6.16. The van der Waals surface area contributed by atoms with Crippen molar-refractivity contribution in [3.8, 4) is 5.75 Å². The van der Waals surface area contributed by atoms with Crippen LogP contribution in [0.5, 0.6) is 5.75 Å². The van der Waals surface area contributed by atoms with E-state index in [0.29, 0.717) is 11.8 Å². The summed E-state index contributed by atoms with van der Waals surface area (Å²) in [4.78, 5) is 4.60. The van der Waals surface area contributed by atoms with E-state index < -0.39 is 0 Å². The van der Waals surface area contributed by atoms with Crippen molar-refractivity contribution >= 4 is 22.6 Å². The van der Waals surface area contributed by atoms with Crippen LogP contribution in [-0.4, -0.2) is 29.9 Å². The molecule has 0 bridgehead atoms. The second kappa shape index (κ2) is 6.02. The van der Waals surface area contributed by atoms with E-state index in [1.54, 1.807) is 7.11 Å². The average molecular weight is 295 g/mol. The Morgan fingerprint density at radius 1 is 1.50 bits per heavy atom. The van der Waals surface area contributed by atoms with Crippen LogP contribution in [0.1, 0.15) is 18.7 Å². The van der Waals surface area contributed by atoms with E-state index >= 15 is 0 Å². The van der Waals surface area contributed by atoms with Crippen LogP contribution in [0.25, 0.3) is 11.0 Å². The summed E-state index contributed by atoms with van der Waals surface area (Å²) in [6, 6.07) is 5.95. The molecular formula is C15H19ClN2O2. The van der Waals surface area contributed by atoms with Gasteiger partial charge in [-0.05, 0) is 30.9 Å². The third kappa shape index (κ3) is 2.63. The maximum Gasteiger partial charge on any atom is 0.124 e. The lowest BCUT2D eigenvalue weighted by molar-refractivity contribution is 0.183. The van der Waals surface area contributed by atoms with Crippen molar-refractivity contribution in [1.29, 1.82) is 0 Å². The lowest BCUT2D eigenvalue weighted by atomic mass is 10.1.